The minimum atomic E-state index is -0.389. The molecule has 1 aromatic rings. The molecule has 1 heterocycles. The standard InChI is InChI=1S/C14H14N4OS/c1-2-9-15-13(19)17-14(20)18-12-8-4-3-6-11(12)7-5-10-16-18/h2-8,10H,1,9H2,(H2,15,17,19,20). The van der Waals surface area contributed by atoms with E-state index < -0.39 is 0 Å². The molecule has 0 fully saturated rings. The number of carbonyl (C=O) groups is 1. The van der Waals surface area contributed by atoms with Crippen LogP contribution in [0.4, 0.5) is 10.5 Å². The van der Waals surface area contributed by atoms with Crippen LogP contribution >= 0.6 is 12.2 Å². The number of nitrogens with one attached hydrogen (secondary N) is 2. The van der Waals surface area contributed by atoms with Crippen LogP contribution in [-0.2, 0) is 0 Å². The lowest BCUT2D eigenvalue weighted by atomic mass is 10.1. The summed E-state index contributed by atoms with van der Waals surface area (Å²) in [5.74, 6) is 0. The Labute approximate surface area is 122 Å². The SMILES string of the molecule is C=CCNC(=O)NC(=S)N1N=CC=Cc2ccccc21. The Hall–Kier alpha value is -2.47. The highest BCUT2D eigenvalue weighted by Gasteiger charge is 2.16. The van der Waals surface area contributed by atoms with Crippen molar-refractivity contribution >= 4 is 41.3 Å². The van der Waals surface area contributed by atoms with Gasteiger partial charge in [0.1, 0.15) is 0 Å². The number of thiocarbonyl (C=S) groups is 1. The highest BCUT2D eigenvalue weighted by atomic mass is 32.1. The molecule has 6 heteroatoms. The van der Waals surface area contributed by atoms with Crippen molar-refractivity contribution in [2.45, 2.75) is 0 Å². The summed E-state index contributed by atoms with van der Waals surface area (Å²) in [4.78, 5) is 11.6. The number of anilines is 1. The van der Waals surface area contributed by atoms with Gasteiger partial charge < -0.3 is 5.32 Å². The van der Waals surface area contributed by atoms with E-state index in [0.717, 1.165) is 11.3 Å². The van der Waals surface area contributed by atoms with Crippen LogP contribution in [-0.4, -0.2) is 23.9 Å². The minimum Gasteiger partial charge on any atom is -0.334 e. The molecule has 0 atom stereocenters. The third kappa shape index (κ3) is 3.30. The zero-order chi connectivity index (χ0) is 14.4. The highest BCUT2D eigenvalue weighted by Crippen LogP contribution is 2.23. The number of hydrogen-bond donors (Lipinski definition) is 2. The Balaban J connectivity index is 2.14. The van der Waals surface area contributed by atoms with Crippen LogP contribution in [0.1, 0.15) is 5.56 Å². The second-order valence-corrected chi connectivity index (χ2v) is 4.31. The van der Waals surface area contributed by atoms with Gasteiger partial charge >= 0.3 is 6.03 Å². The molecule has 0 saturated heterocycles. The molecular formula is C14H14N4OS. The van der Waals surface area contributed by atoms with Crippen LogP contribution in [0.3, 0.4) is 0 Å². The van der Waals surface area contributed by atoms with Gasteiger partial charge in [0.15, 0.2) is 0 Å². The van der Waals surface area contributed by atoms with E-state index in [0.29, 0.717) is 6.54 Å². The van der Waals surface area contributed by atoms with Gasteiger partial charge in [0.25, 0.3) is 0 Å². The Morgan fingerprint density at radius 2 is 2.25 bits per heavy atom. The second-order valence-electron chi connectivity index (χ2n) is 3.92. The van der Waals surface area contributed by atoms with Crippen molar-refractivity contribution in [3.63, 3.8) is 0 Å². The molecule has 2 amide bonds. The van der Waals surface area contributed by atoms with Crippen LogP contribution in [0.25, 0.3) is 6.08 Å². The van der Waals surface area contributed by atoms with E-state index in [9.17, 15) is 4.79 Å². The molecule has 102 valence electrons. The molecule has 2 N–H and O–H groups in total. The molecule has 0 aliphatic carbocycles. The third-order valence-corrected chi connectivity index (χ3v) is 2.80. The molecule has 0 bridgehead atoms. The average Bonchev–Trinajstić information content (AvgIpc) is 2.67. The molecule has 1 aliphatic heterocycles. The predicted octanol–water partition coefficient (Wildman–Crippen LogP) is 2.28. The molecule has 0 saturated carbocycles. The molecule has 2 rings (SSSR count). The number of fused-ring (bicyclic) bond motifs is 1. The first-order valence-corrected chi connectivity index (χ1v) is 6.42. The van der Waals surface area contributed by atoms with E-state index in [2.05, 4.69) is 22.3 Å². The van der Waals surface area contributed by atoms with Gasteiger partial charge in [-0.15, -0.1) is 6.58 Å². The van der Waals surface area contributed by atoms with Crippen molar-refractivity contribution in [1.82, 2.24) is 10.6 Å². The first-order valence-electron chi connectivity index (χ1n) is 6.02. The maximum atomic E-state index is 11.6. The van der Waals surface area contributed by atoms with E-state index in [-0.39, 0.29) is 11.1 Å². The van der Waals surface area contributed by atoms with Gasteiger partial charge in [-0.3, -0.25) is 5.32 Å². The molecule has 0 spiro atoms. The first kappa shape index (κ1) is 14.0. The van der Waals surface area contributed by atoms with Crippen molar-refractivity contribution in [2.75, 3.05) is 11.6 Å². The smallest absolute Gasteiger partial charge is 0.321 e. The lowest BCUT2D eigenvalue weighted by molar-refractivity contribution is 0.246. The van der Waals surface area contributed by atoms with E-state index in [1.807, 2.05) is 36.4 Å². The number of carbonyl (C=O) groups excluding carboxylic acids is 1. The predicted molar refractivity (Wildman–Crippen MR) is 85.8 cm³/mol. The Kier molecular flexibility index (Phi) is 4.62. The average molecular weight is 286 g/mol. The highest BCUT2D eigenvalue weighted by molar-refractivity contribution is 7.80. The number of hydrazone groups is 1. The van der Waals surface area contributed by atoms with Crippen LogP contribution in [0.2, 0.25) is 0 Å². The maximum Gasteiger partial charge on any atom is 0.321 e. The summed E-state index contributed by atoms with van der Waals surface area (Å²) in [5, 5.41) is 11.1. The van der Waals surface area contributed by atoms with E-state index in [1.54, 1.807) is 12.3 Å². The largest absolute Gasteiger partial charge is 0.334 e. The van der Waals surface area contributed by atoms with Crippen molar-refractivity contribution in [3.05, 3.63) is 48.6 Å². The van der Waals surface area contributed by atoms with E-state index in [4.69, 9.17) is 12.2 Å². The summed E-state index contributed by atoms with van der Waals surface area (Å²) < 4.78 is 0. The molecule has 20 heavy (non-hydrogen) atoms. The molecule has 5 nitrogen and oxygen atoms in total. The topological polar surface area (TPSA) is 56.7 Å². The summed E-state index contributed by atoms with van der Waals surface area (Å²) in [6.45, 7) is 3.90. The van der Waals surface area contributed by atoms with Crippen molar-refractivity contribution < 1.29 is 4.79 Å². The molecular weight excluding hydrogens is 272 g/mol. The molecule has 0 aromatic heterocycles. The van der Waals surface area contributed by atoms with E-state index >= 15 is 0 Å². The summed E-state index contributed by atoms with van der Waals surface area (Å²) in [6.07, 6.45) is 6.96. The van der Waals surface area contributed by atoms with Crippen LogP contribution in [0.5, 0.6) is 0 Å². The van der Waals surface area contributed by atoms with Crippen molar-refractivity contribution in [3.8, 4) is 0 Å². The van der Waals surface area contributed by atoms with Gasteiger partial charge in [-0.2, -0.15) is 5.10 Å². The van der Waals surface area contributed by atoms with Crippen LogP contribution in [0.15, 0.2) is 48.1 Å². The maximum absolute atomic E-state index is 11.6. The van der Waals surface area contributed by atoms with Crippen LogP contribution < -0.4 is 15.6 Å². The van der Waals surface area contributed by atoms with Gasteiger partial charge in [0, 0.05) is 18.3 Å². The fourth-order valence-electron chi connectivity index (χ4n) is 1.66. The monoisotopic (exact) mass is 286 g/mol. The number of hydrogen-bond acceptors (Lipinski definition) is 3. The Morgan fingerprint density at radius 3 is 3.05 bits per heavy atom. The summed E-state index contributed by atoms with van der Waals surface area (Å²) in [5.41, 5.74) is 1.78. The normalized spacial score (nSPS) is 12.3. The third-order valence-electron chi connectivity index (χ3n) is 2.53. The van der Waals surface area contributed by atoms with Gasteiger partial charge in [-0.1, -0.05) is 30.4 Å². The molecule has 1 aliphatic rings. The number of para-hydroxylation sites is 1. The molecule has 0 radical (unpaired) electrons. The number of urea groups is 1. The summed E-state index contributed by atoms with van der Waals surface area (Å²) in [6, 6.07) is 7.27. The Morgan fingerprint density at radius 1 is 1.45 bits per heavy atom. The second kappa shape index (κ2) is 6.63. The number of allylic oxidation sites excluding steroid dienone is 1. The van der Waals surface area contributed by atoms with Gasteiger partial charge in [-0.05, 0) is 24.4 Å². The lowest BCUT2D eigenvalue weighted by Crippen LogP contribution is -2.45. The summed E-state index contributed by atoms with van der Waals surface area (Å²) >= 11 is 5.22. The van der Waals surface area contributed by atoms with Crippen molar-refractivity contribution in [1.29, 1.82) is 0 Å². The lowest BCUT2D eigenvalue weighted by Gasteiger charge is -2.20. The quantitative estimate of drug-likeness (QED) is 0.648. The minimum absolute atomic E-state index is 0.207. The number of nitrogens with zero attached hydrogens (tertiary/aromatic N) is 2. The fraction of sp³-hybridized carbons (Fsp3) is 0.0714. The van der Waals surface area contributed by atoms with E-state index in [1.165, 1.54) is 5.01 Å². The number of benzene rings is 1. The number of amides is 2. The first-order chi connectivity index (χ1) is 9.72. The molecule has 1 aromatic carbocycles. The fourth-order valence-corrected chi connectivity index (χ4v) is 1.89. The van der Waals surface area contributed by atoms with Crippen molar-refractivity contribution in [2.24, 2.45) is 5.10 Å². The Bertz CT molecular complexity index is 595. The van der Waals surface area contributed by atoms with Gasteiger partial charge in [0.2, 0.25) is 5.11 Å². The zero-order valence-corrected chi connectivity index (χ0v) is 11.6. The van der Waals surface area contributed by atoms with Gasteiger partial charge in [0.05, 0.1) is 5.69 Å². The van der Waals surface area contributed by atoms with Crippen LogP contribution in [0, 0.1) is 0 Å². The number of rotatable bonds is 2. The van der Waals surface area contributed by atoms with Gasteiger partial charge in [-0.25, -0.2) is 9.80 Å². The zero-order valence-electron chi connectivity index (χ0n) is 10.7. The molecule has 0 unspecified atom stereocenters. The summed E-state index contributed by atoms with van der Waals surface area (Å²) in [7, 11) is 0.